The van der Waals surface area contributed by atoms with Gasteiger partial charge >= 0.3 is 11.6 Å². The van der Waals surface area contributed by atoms with Crippen LogP contribution in [0.15, 0.2) is 69.4 Å². The predicted octanol–water partition coefficient (Wildman–Crippen LogP) is 3.00. The van der Waals surface area contributed by atoms with Crippen molar-refractivity contribution in [3.63, 3.8) is 0 Å². The summed E-state index contributed by atoms with van der Waals surface area (Å²) in [6, 6.07) is 13.9. The van der Waals surface area contributed by atoms with Crippen molar-refractivity contribution in [2.45, 2.75) is 13.0 Å². The molecule has 0 amide bonds. The summed E-state index contributed by atoms with van der Waals surface area (Å²) in [7, 11) is 0. The number of hydrogen-bond donors (Lipinski definition) is 2. The molecule has 0 fully saturated rings. The van der Waals surface area contributed by atoms with Gasteiger partial charge in [0.2, 0.25) is 0 Å². The van der Waals surface area contributed by atoms with Gasteiger partial charge in [-0.15, -0.1) is 0 Å². The Kier molecular flexibility index (Phi) is 4.90. The van der Waals surface area contributed by atoms with Crippen LogP contribution in [0, 0.1) is 5.92 Å². The number of benzene rings is 2. The molecular weight excluding hydrogens is 404 g/mol. The van der Waals surface area contributed by atoms with Crippen LogP contribution < -0.4 is 10.4 Å². The highest BCUT2D eigenvalue weighted by molar-refractivity contribution is 6.13. The quantitative estimate of drug-likeness (QED) is 0.285. The van der Waals surface area contributed by atoms with Gasteiger partial charge in [-0.2, -0.15) is 0 Å². The third-order valence-corrected chi connectivity index (χ3v) is 5.07. The third-order valence-electron chi connectivity index (χ3n) is 5.07. The molecule has 2 unspecified atom stereocenters. The fraction of sp³-hybridized carbons (Fsp3) is 0.130. The van der Waals surface area contributed by atoms with E-state index < -0.39 is 46.5 Å². The number of rotatable bonds is 4. The van der Waals surface area contributed by atoms with Gasteiger partial charge in [-0.05, 0) is 31.2 Å². The summed E-state index contributed by atoms with van der Waals surface area (Å²) in [5, 5.41) is 21.1. The predicted molar refractivity (Wildman–Crippen MR) is 109 cm³/mol. The van der Waals surface area contributed by atoms with E-state index >= 15 is 0 Å². The van der Waals surface area contributed by atoms with Gasteiger partial charge in [0.15, 0.2) is 23.6 Å². The Morgan fingerprint density at radius 2 is 1.65 bits per heavy atom. The Morgan fingerprint density at radius 3 is 2.35 bits per heavy atom. The Labute approximate surface area is 175 Å². The molecule has 1 aliphatic heterocycles. The molecule has 0 spiro atoms. The summed E-state index contributed by atoms with van der Waals surface area (Å²) in [5.41, 5.74) is -1.45. The molecule has 31 heavy (non-hydrogen) atoms. The van der Waals surface area contributed by atoms with Crippen LogP contribution in [-0.2, 0) is 9.59 Å². The normalized spacial score (nSPS) is 18.7. The summed E-state index contributed by atoms with van der Waals surface area (Å²) >= 11 is 0. The van der Waals surface area contributed by atoms with Crippen LogP contribution in [-0.4, -0.2) is 33.9 Å². The molecule has 0 bridgehead atoms. The van der Waals surface area contributed by atoms with Crippen molar-refractivity contribution in [2.24, 2.45) is 5.92 Å². The first-order chi connectivity index (χ1) is 14.8. The maximum absolute atomic E-state index is 12.8. The van der Waals surface area contributed by atoms with E-state index in [1.807, 2.05) is 0 Å². The summed E-state index contributed by atoms with van der Waals surface area (Å²) in [6.07, 6.45) is -1.64. The number of Topliss-reactive ketones (excluding diaryl/α,β-unsaturated/α-hetero) is 2. The van der Waals surface area contributed by atoms with Gasteiger partial charge in [0, 0.05) is 5.39 Å². The molecule has 0 radical (unpaired) electrons. The number of hydrogen-bond acceptors (Lipinski definition) is 7. The second kappa shape index (κ2) is 7.56. The number of carboxylic acid groups (broad SMARTS) is 1. The van der Waals surface area contributed by atoms with Gasteiger partial charge in [-0.3, -0.25) is 14.4 Å². The molecule has 4 rings (SSSR count). The van der Waals surface area contributed by atoms with Crippen LogP contribution in [0.2, 0.25) is 0 Å². The lowest BCUT2D eigenvalue weighted by Crippen LogP contribution is -2.45. The highest BCUT2D eigenvalue weighted by Gasteiger charge is 2.46. The Hall–Kier alpha value is -4.20. The number of fused-ring (bicyclic) bond motifs is 2. The van der Waals surface area contributed by atoms with Crippen LogP contribution >= 0.6 is 0 Å². The summed E-state index contributed by atoms with van der Waals surface area (Å²) in [4.78, 5) is 49.7. The lowest BCUT2D eigenvalue weighted by atomic mass is 9.83. The highest BCUT2D eigenvalue weighted by atomic mass is 16.5. The van der Waals surface area contributed by atoms with Gasteiger partial charge < -0.3 is 19.4 Å². The second-order valence-electron chi connectivity index (χ2n) is 7.02. The number of carbonyl (C=O) groups excluding carboxylic acids is 2. The average molecular weight is 420 g/mol. The molecule has 156 valence electrons. The van der Waals surface area contributed by atoms with Gasteiger partial charge in [-0.25, -0.2) is 4.79 Å². The fourth-order valence-electron chi connectivity index (χ4n) is 3.62. The number of para-hydroxylation sites is 2. The Balaban J connectivity index is 1.94. The molecule has 0 saturated heterocycles. The summed E-state index contributed by atoms with van der Waals surface area (Å²) < 4.78 is 10.9. The number of aliphatic carboxylic acids is 1. The summed E-state index contributed by atoms with van der Waals surface area (Å²) in [6.45, 7) is 1.08. The monoisotopic (exact) mass is 420 g/mol. The minimum absolute atomic E-state index is 0.0544. The third kappa shape index (κ3) is 3.38. The number of ketones is 2. The molecule has 1 aromatic heterocycles. The molecule has 2 atom stereocenters. The zero-order valence-electron chi connectivity index (χ0n) is 16.2. The van der Waals surface area contributed by atoms with E-state index in [9.17, 15) is 29.4 Å². The molecule has 2 N–H and O–H groups in total. The molecule has 8 nitrogen and oxygen atoms in total. The van der Waals surface area contributed by atoms with Crippen molar-refractivity contribution in [2.75, 3.05) is 0 Å². The number of carbonyl (C=O) groups is 3. The van der Waals surface area contributed by atoms with Gasteiger partial charge in [-0.1, -0.05) is 30.3 Å². The minimum atomic E-state index is -1.79. The zero-order chi connectivity index (χ0) is 22.3. The topological polar surface area (TPSA) is 131 Å². The first kappa shape index (κ1) is 20.1. The molecule has 2 aromatic carbocycles. The lowest BCUT2D eigenvalue weighted by molar-refractivity contribution is -0.142. The fourth-order valence-corrected chi connectivity index (χ4v) is 3.62. The van der Waals surface area contributed by atoms with Crippen LogP contribution in [0.25, 0.3) is 16.7 Å². The number of aliphatic hydroxyl groups excluding tert-OH is 1. The highest BCUT2D eigenvalue weighted by Crippen LogP contribution is 2.36. The van der Waals surface area contributed by atoms with E-state index in [2.05, 4.69) is 0 Å². The van der Waals surface area contributed by atoms with Crippen molar-refractivity contribution in [3.8, 4) is 5.75 Å². The van der Waals surface area contributed by atoms with E-state index in [-0.39, 0.29) is 22.5 Å². The van der Waals surface area contributed by atoms with Gasteiger partial charge in [0.1, 0.15) is 22.7 Å². The number of carboxylic acids is 1. The van der Waals surface area contributed by atoms with Crippen molar-refractivity contribution in [3.05, 3.63) is 81.7 Å². The van der Waals surface area contributed by atoms with Crippen LogP contribution in [0.4, 0.5) is 0 Å². The largest absolute Gasteiger partial charge is 0.506 e. The molecule has 3 aromatic rings. The van der Waals surface area contributed by atoms with Crippen molar-refractivity contribution < 1.29 is 33.8 Å². The maximum Gasteiger partial charge on any atom is 0.347 e. The van der Waals surface area contributed by atoms with Crippen molar-refractivity contribution >= 4 is 34.3 Å². The van der Waals surface area contributed by atoms with Gasteiger partial charge in [0.25, 0.3) is 0 Å². The summed E-state index contributed by atoms with van der Waals surface area (Å²) in [5.74, 6) is -5.56. The molecule has 1 aliphatic rings. The van der Waals surface area contributed by atoms with Crippen LogP contribution in [0.3, 0.4) is 0 Å². The zero-order valence-corrected chi connectivity index (χ0v) is 16.2. The lowest BCUT2D eigenvalue weighted by Gasteiger charge is -2.31. The van der Waals surface area contributed by atoms with Gasteiger partial charge in [0.05, 0.1) is 11.1 Å². The van der Waals surface area contributed by atoms with E-state index in [4.69, 9.17) is 9.15 Å². The number of aliphatic hydroxyl groups is 1. The first-order valence-electron chi connectivity index (χ1n) is 9.29. The smallest absolute Gasteiger partial charge is 0.347 e. The van der Waals surface area contributed by atoms with E-state index in [0.29, 0.717) is 5.39 Å². The van der Waals surface area contributed by atoms with E-state index in [1.165, 1.54) is 18.2 Å². The van der Waals surface area contributed by atoms with Crippen molar-refractivity contribution in [1.29, 1.82) is 0 Å². The Bertz CT molecular complexity index is 1330. The van der Waals surface area contributed by atoms with Crippen LogP contribution in [0.1, 0.15) is 22.8 Å². The molecular formula is C23H16O8. The minimum Gasteiger partial charge on any atom is -0.506 e. The Morgan fingerprint density at radius 1 is 0.968 bits per heavy atom. The molecule has 0 aliphatic carbocycles. The van der Waals surface area contributed by atoms with E-state index in [1.54, 1.807) is 36.4 Å². The van der Waals surface area contributed by atoms with E-state index in [0.717, 1.165) is 6.92 Å². The maximum atomic E-state index is 12.8. The SMILES string of the molecule is CC(=O)/C(=C(\O)c1cc2ccccc2oc1=O)C1Oc2ccccc2C(=O)C1C(=O)O. The van der Waals surface area contributed by atoms with Crippen molar-refractivity contribution in [1.82, 2.24) is 0 Å². The standard InChI is InChI=1S/C23H16O8/c1-11(24)17(20(26)14-10-12-6-2-4-8-15(12)31-23(14)29)21-18(22(27)28)19(25)13-7-3-5-9-16(13)30-21/h2-10,18,21,26H,1H3,(H,27,28)/b20-17+. The molecule has 2 heterocycles. The van der Waals surface area contributed by atoms with Crippen LogP contribution in [0.5, 0.6) is 5.75 Å². The molecule has 8 heteroatoms. The number of ether oxygens (including phenoxy) is 1. The second-order valence-corrected chi connectivity index (χ2v) is 7.02. The average Bonchev–Trinajstić information content (AvgIpc) is 2.73. The molecule has 0 saturated carbocycles. The first-order valence-corrected chi connectivity index (χ1v) is 9.29.